The molecule has 2 nitrogen and oxygen atoms in total. The first-order valence-corrected chi connectivity index (χ1v) is 7.33. The molecule has 0 aliphatic carbocycles. The Morgan fingerprint density at radius 3 is 2.72 bits per heavy atom. The summed E-state index contributed by atoms with van der Waals surface area (Å²) in [5.74, 6) is 1.48. The Morgan fingerprint density at radius 2 is 2.17 bits per heavy atom. The van der Waals surface area contributed by atoms with Crippen LogP contribution in [0.2, 0.25) is 0 Å². The summed E-state index contributed by atoms with van der Waals surface area (Å²) in [6, 6.07) is 5.85. The summed E-state index contributed by atoms with van der Waals surface area (Å²) in [7, 11) is 0. The molecule has 0 saturated carbocycles. The highest BCUT2D eigenvalue weighted by molar-refractivity contribution is 9.10. The Balaban J connectivity index is 2.10. The van der Waals surface area contributed by atoms with Crippen molar-refractivity contribution in [2.45, 2.75) is 27.2 Å². The molecule has 1 atom stereocenters. The smallest absolute Gasteiger partial charge is 0.253 e. The largest absolute Gasteiger partial charge is 0.338 e. The van der Waals surface area contributed by atoms with Gasteiger partial charge in [-0.25, -0.2) is 0 Å². The van der Waals surface area contributed by atoms with Crippen LogP contribution in [0.1, 0.15) is 36.2 Å². The van der Waals surface area contributed by atoms with Crippen LogP contribution in [0.15, 0.2) is 22.7 Å². The van der Waals surface area contributed by atoms with Gasteiger partial charge in [0, 0.05) is 23.1 Å². The number of hydrogen-bond acceptors (Lipinski definition) is 1. The van der Waals surface area contributed by atoms with Gasteiger partial charge in [0.2, 0.25) is 0 Å². The zero-order valence-electron chi connectivity index (χ0n) is 11.2. The van der Waals surface area contributed by atoms with Gasteiger partial charge in [0.25, 0.3) is 5.91 Å². The van der Waals surface area contributed by atoms with Crippen molar-refractivity contribution in [3.8, 4) is 0 Å². The molecule has 0 radical (unpaired) electrons. The third kappa shape index (κ3) is 2.77. The van der Waals surface area contributed by atoms with Crippen molar-refractivity contribution < 1.29 is 4.79 Å². The van der Waals surface area contributed by atoms with E-state index in [1.807, 2.05) is 30.0 Å². The van der Waals surface area contributed by atoms with Crippen LogP contribution in [0.5, 0.6) is 0 Å². The lowest BCUT2D eigenvalue weighted by Gasteiger charge is -2.18. The molecule has 1 aromatic carbocycles. The number of rotatable bonds is 2. The second-order valence-corrected chi connectivity index (χ2v) is 6.36. The lowest BCUT2D eigenvalue weighted by atomic mass is 9.95. The molecule has 0 aromatic heterocycles. The minimum atomic E-state index is 0.166. The predicted molar refractivity (Wildman–Crippen MR) is 77.7 cm³/mol. The number of aryl methyl sites for hydroxylation is 1. The zero-order valence-corrected chi connectivity index (χ0v) is 12.8. The molecule has 1 aliphatic rings. The molecule has 98 valence electrons. The van der Waals surface area contributed by atoms with Gasteiger partial charge in [-0.05, 0) is 42.9 Å². The average molecular weight is 310 g/mol. The van der Waals surface area contributed by atoms with E-state index in [4.69, 9.17) is 0 Å². The van der Waals surface area contributed by atoms with Gasteiger partial charge in [-0.15, -0.1) is 0 Å². The average Bonchev–Trinajstić information content (AvgIpc) is 2.81. The van der Waals surface area contributed by atoms with E-state index in [0.717, 1.165) is 35.1 Å². The number of carbonyl (C=O) groups excluding carboxylic acids is 1. The zero-order chi connectivity index (χ0) is 13.3. The van der Waals surface area contributed by atoms with E-state index >= 15 is 0 Å². The molecule has 2 rings (SSSR count). The van der Waals surface area contributed by atoms with Crippen LogP contribution < -0.4 is 0 Å². The monoisotopic (exact) mass is 309 g/mol. The standard InChI is InChI=1S/C15H20BrNO/c1-10(2)13-6-7-17(9-13)15(18)12-5-4-11(3)14(16)8-12/h4-5,8,10,13H,6-7,9H2,1-3H3. The summed E-state index contributed by atoms with van der Waals surface area (Å²) in [6.07, 6.45) is 1.14. The molecule has 18 heavy (non-hydrogen) atoms. The lowest BCUT2D eigenvalue weighted by Crippen LogP contribution is -2.29. The van der Waals surface area contributed by atoms with Crippen LogP contribution >= 0.6 is 15.9 Å². The molecule has 1 unspecified atom stereocenters. The first-order valence-electron chi connectivity index (χ1n) is 6.54. The first-order chi connectivity index (χ1) is 8.49. The van der Waals surface area contributed by atoms with Crippen LogP contribution in [0.3, 0.4) is 0 Å². The molecular formula is C15H20BrNO. The van der Waals surface area contributed by atoms with Crippen LogP contribution in [0.4, 0.5) is 0 Å². The number of amides is 1. The minimum absolute atomic E-state index is 0.166. The van der Waals surface area contributed by atoms with Crippen molar-refractivity contribution in [2.75, 3.05) is 13.1 Å². The Kier molecular flexibility index (Phi) is 4.10. The number of benzene rings is 1. The Bertz CT molecular complexity index is 456. The van der Waals surface area contributed by atoms with E-state index in [2.05, 4.69) is 29.8 Å². The van der Waals surface area contributed by atoms with Gasteiger partial charge >= 0.3 is 0 Å². The number of halogens is 1. The summed E-state index contributed by atoms with van der Waals surface area (Å²) in [4.78, 5) is 14.4. The van der Waals surface area contributed by atoms with Crippen molar-refractivity contribution in [1.82, 2.24) is 4.90 Å². The van der Waals surface area contributed by atoms with Gasteiger partial charge in [0.15, 0.2) is 0 Å². The number of hydrogen-bond donors (Lipinski definition) is 0. The highest BCUT2D eigenvalue weighted by Crippen LogP contribution is 2.26. The lowest BCUT2D eigenvalue weighted by molar-refractivity contribution is 0.0784. The fourth-order valence-corrected chi connectivity index (χ4v) is 2.80. The van der Waals surface area contributed by atoms with Crippen molar-refractivity contribution in [2.24, 2.45) is 11.8 Å². The van der Waals surface area contributed by atoms with Gasteiger partial charge < -0.3 is 4.90 Å². The summed E-state index contributed by atoms with van der Waals surface area (Å²) >= 11 is 3.49. The molecule has 1 amide bonds. The third-order valence-electron chi connectivity index (χ3n) is 3.87. The second kappa shape index (κ2) is 5.43. The van der Waals surface area contributed by atoms with Gasteiger partial charge in [-0.3, -0.25) is 4.79 Å². The normalized spacial score (nSPS) is 19.6. The Labute approximate surface area is 117 Å². The van der Waals surface area contributed by atoms with Gasteiger partial charge in [-0.2, -0.15) is 0 Å². The molecular weight excluding hydrogens is 290 g/mol. The quantitative estimate of drug-likeness (QED) is 0.812. The topological polar surface area (TPSA) is 20.3 Å². The fraction of sp³-hybridized carbons (Fsp3) is 0.533. The molecule has 1 fully saturated rings. The molecule has 3 heteroatoms. The van der Waals surface area contributed by atoms with E-state index in [1.54, 1.807) is 0 Å². The van der Waals surface area contributed by atoms with Gasteiger partial charge in [0.1, 0.15) is 0 Å². The first kappa shape index (κ1) is 13.6. The van der Waals surface area contributed by atoms with E-state index < -0.39 is 0 Å². The van der Waals surface area contributed by atoms with E-state index in [9.17, 15) is 4.79 Å². The minimum Gasteiger partial charge on any atom is -0.338 e. The Hall–Kier alpha value is -0.830. The second-order valence-electron chi connectivity index (χ2n) is 5.51. The van der Waals surface area contributed by atoms with Crippen molar-refractivity contribution in [3.05, 3.63) is 33.8 Å². The summed E-state index contributed by atoms with van der Waals surface area (Å²) in [5, 5.41) is 0. The predicted octanol–water partition coefficient (Wildman–Crippen LogP) is 3.88. The Morgan fingerprint density at radius 1 is 1.44 bits per heavy atom. The van der Waals surface area contributed by atoms with Crippen molar-refractivity contribution >= 4 is 21.8 Å². The highest BCUT2D eigenvalue weighted by atomic mass is 79.9. The van der Waals surface area contributed by atoms with E-state index in [1.165, 1.54) is 0 Å². The summed E-state index contributed by atoms with van der Waals surface area (Å²) in [5.41, 5.74) is 1.95. The van der Waals surface area contributed by atoms with Crippen molar-refractivity contribution in [3.63, 3.8) is 0 Å². The molecule has 0 spiro atoms. The highest BCUT2D eigenvalue weighted by Gasteiger charge is 2.28. The SMILES string of the molecule is Cc1ccc(C(=O)N2CCC(C(C)C)C2)cc1Br. The molecule has 1 heterocycles. The number of likely N-dealkylation sites (tertiary alicyclic amines) is 1. The maximum absolute atomic E-state index is 12.4. The molecule has 0 N–H and O–H groups in total. The fourth-order valence-electron chi connectivity index (χ4n) is 2.42. The number of nitrogens with zero attached hydrogens (tertiary/aromatic N) is 1. The number of carbonyl (C=O) groups is 1. The summed E-state index contributed by atoms with van der Waals surface area (Å²) < 4.78 is 1.01. The molecule has 1 aromatic rings. The van der Waals surface area contributed by atoms with Crippen molar-refractivity contribution in [1.29, 1.82) is 0 Å². The van der Waals surface area contributed by atoms with Crippen LogP contribution in [0, 0.1) is 18.8 Å². The van der Waals surface area contributed by atoms with Gasteiger partial charge in [0.05, 0.1) is 0 Å². The van der Waals surface area contributed by atoms with E-state index in [-0.39, 0.29) is 5.91 Å². The molecule has 0 bridgehead atoms. The van der Waals surface area contributed by atoms with Crippen LogP contribution in [-0.2, 0) is 0 Å². The molecule has 1 aliphatic heterocycles. The summed E-state index contributed by atoms with van der Waals surface area (Å²) in [6.45, 7) is 8.31. The third-order valence-corrected chi connectivity index (χ3v) is 4.73. The molecule has 1 saturated heterocycles. The van der Waals surface area contributed by atoms with E-state index in [0.29, 0.717) is 11.8 Å². The maximum Gasteiger partial charge on any atom is 0.253 e. The van der Waals surface area contributed by atoms with Crippen LogP contribution in [-0.4, -0.2) is 23.9 Å². The maximum atomic E-state index is 12.4. The van der Waals surface area contributed by atoms with Crippen LogP contribution in [0.25, 0.3) is 0 Å². The van der Waals surface area contributed by atoms with Gasteiger partial charge in [-0.1, -0.05) is 35.8 Å².